The number of hydrogen-bond acceptors (Lipinski definition) is 2. The third-order valence-electron chi connectivity index (χ3n) is 5.15. The van der Waals surface area contributed by atoms with Crippen LogP contribution in [0.5, 0.6) is 0 Å². The highest BCUT2D eigenvalue weighted by atomic mass is 32.2. The lowest BCUT2D eigenvalue weighted by molar-refractivity contribution is 0.130. The molecule has 88 valence electrons. The Morgan fingerprint density at radius 3 is 2.20 bits per heavy atom. The third kappa shape index (κ3) is 1.53. The highest BCUT2D eigenvalue weighted by molar-refractivity contribution is 7.88. The zero-order chi connectivity index (χ0) is 11.5. The molecular weight excluding hydrogens is 210 g/mol. The fourth-order valence-corrected chi connectivity index (χ4v) is 4.51. The predicted octanol–water partition coefficient (Wildman–Crippen LogP) is 1.75. The Labute approximate surface area is 92.7 Å². The smallest absolute Gasteiger partial charge is 0.208 e. The summed E-state index contributed by atoms with van der Waals surface area (Å²) in [7, 11) is -3.07. The lowest BCUT2D eigenvalue weighted by Crippen LogP contribution is -2.46. The number of nitrogens with one attached hydrogen (secondary N) is 1. The van der Waals surface area contributed by atoms with Gasteiger partial charge in [0.2, 0.25) is 10.0 Å². The molecule has 4 heteroatoms. The van der Waals surface area contributed by atoms with Crippen molar-refractivity contribution < 1.29 is 8.42 Å². The van der Waals surface area contributed by atoms with Crippen LogP contribution in [0.3, 0.4) is 0 Å². The summed E-state index contributed by atoms with van der Waals surface area (Å²) >= 11 is 0. The van der Waals surface area contributed by atoms with E-state index in [9.17, 15) is 8.42 Å². The van der Waals surface area contributed by atoms with Crippen LogP contribution >= 0.6 is 0 Å². The molecular formula is C11H21NO2S. The Kier molecular flexibility index (Phi) is 2.26. The standard InChI is InChI=1S/C11H21NO2S/c1-10(2)8-5-6-11(10,3)9(7-8)12-15(4,13)14/h8-9,12H,5-7H2,1-4H3. The predicted molar refractivity (Wildman–Crippen MR) is 61.0 cm³/mol. The SMILES string of the molecule is CC1(C)C2CCC1(C)C(NS(C)(=O)=O)C2. The van der Waals surface area contributed by atoms with Crippen LogP contribution in [0.15, 0.2) is 0 Å². The summed E-state index contributed by atoms with van der Waals surface area (Å²) < 4.78 is 25.4. The molecule has 2 bridgehead atoms. The van der Waals surface area contributed by atoms with Gasteiger partial charge in [0.25, 0.3) is 0 Å². The topological polar surface area (TPSA) is 46.2 Å². The summed E-state index contributed by atoms with van der Waals surface area (Å²) in [6.07, 6.45) is 4.68. The van der Waals surface area contributed by atoms with Gasteiger partial charge in [-0.15, -0.1) is 0 Å². The van der Waals surface area contributed by atoms with Gasteiger partial charge in [0.15, 0.2) is 0 Å². The minimum atomic E-state index is -3.07. The number of fused-ring (bicyclic) bond motifs is 2. The molecule has 15 heavy (non-hydrogen) atoms. The molecule has 2 aliphatic rings. The minimum absolute atomic E-state index is 0.140. The fraction of sp³-hybridized carbons (Fsp3) is 1.00. The van der Waals surface area contributed by atoms with E-state index in [0.29, 0.717) is 5.92 Å². The second kappa shape index (κ2) is 2.98. The lowest BCUT2D eigenvalue weighted by Gasteiger charge is -2.39. The van der Waals surface area contributed by atoms with Crippen LogP contribution in [0, 0.1) is 16.7 Å². The van der Waals surface area contributed by atoms with Crippen LogP contribution in [-0.4, -0.2) is 20.7 Å². The van der Waals surface area contributed by atoms with Gasteiger partial charge in [-0.05, 0) is 36.0 Å². The summed E-state index contributed by atoms with van der Waals surface area (Å²) in [6, 6.07) is 0.140. The Morgan fingerprint density at radius 2 is 1.87 bits per heavy atom. The van der Waals surface area contributed by atoms with E-state index in [0.717, 1.165) is 12.8 Å². The first-order valence-electron chi connectivity index (χ1n) is 5.64. The minimum Gasteiger partial charge on any atom is -0.213 e. The number of hydrogen-bond donors (Lipinski definition) is 1. The summed E-state index contributed by atoms with van der Waals surface area (Å²) in [5.74, 6) is 0.682. The molecule has 2 fully saturated rings. The quantitative estimate of drug-likeness (QED) is 0.787. The van der Waals surface area contributed by atoms with E-state index in [-0.39, 0.29) is 16.9 Å². The van der Waals surface area contributed by atoms with E-state index in [2.05, 4.69) is 25.5 Å². The molecule has 1 N–H and O–H groups in total. The highest BCUT2D eigenvalue weighted by Gasteiger charge is 2.61. The molecule has 0 amide bonds. The Hall–Kier alpha value is -0.0900. The second-order valence-electron chi connectivity index (χ2n) is 6.05. The second-order valence-corrected chi connectivity index (χ2v) is 7.83. The van der Waals surface area contributed by atoms with Gasteiger partial charge in [-0.1, -0.05) is 20.8 Å². The molecule has 2 aliphatic carbocycles. The average Bonchev–Trinajstić information content (AvgIpc) is 2.34. The maximum Gasteiger partial charge on any atom is 0.208 e. The van der Waals surface area contributed by atoms with Crippen LogP contribution in [0.1, 0.15) is 40.0 Å². The Bertz CT molecular complexity index is 374. The van der Waals surface area contributed by atoms with Crippen LogP contribution in [0.4, 0.5) is 0 Å². The van der Waals surface area contributed by atoms with Crippen molar-refractivity contribution in [2.75, 3.05) is 6.26 Å². The molecule has 0 aliphatic heterocycles. The molecule has 3 unspecified atom stereocenters. The fourth-order valence-electron chi connectivity index (χ4n) is 3.64. The van der Waals surface area contributed by atoms with Crippen LogP contribution in [0.2, 0.25) is 0 Å². The normalized spacial score (nSPS) is 43.5. The van der Waals surface area contributed by atoms with Crippen molar-refractivity contribution in [3.8, 4) is 0 Å². The molecule has 0 spiro atoms. The summed E-state index contributed by atoms with van der Waals surface area (Å²) in [4.78, 5) is 0. The van der Waals surface area contributed by atoms with Crippen LogP contribution in [0.25, 0.3) is 0 Å². The molecule has 2 saturated carbocycles. The van der Waals surface area contributed by atoms with E-state index < -0.39 is 10.0 Å². The number of sulfonamides is 1. The Morgan fingerprint density at radius 1 is 1.27 bits per heavy atom. The zero-order valence-electron chi connectivity index (χ0n) is 10.0. The van der Waals surface area contributed by atoms with Crippen molar-refractivity contribution in [3.05, 3.63) is 0 Å². The van der Waals surface area contributed by atoms with Crippen molar-refractivity contribution >= 4 is 10.0 Å². The van der Waals surface area contributed by atoms with Gasteiger partial charge in [-0.3, -0.25) is 0 Å². The third-order valence-corrected chi connectivity index (χ3v) is 5.86. The lowest BCUT2D eigenvalue weighted by atomic mass is 9.69. The van der Waals surface area contributed by atoms with E-state index in [1.54, 1.807) is 0 Å². The van der Waals surface area contributed by atoms with Crippen molar-refractivity contribution in [1.29, 1.82) is 0 Å². The Balaban J connectivity index is 2.27. The molecule has 0 radical (unpaired) electrons. The molecule has 0 aromatic rings. The highest BCUT2D eigenvalue weighted by Crippen LogP contribution is 2.65. The molecule has 3 atom stereocenters. The van der Waals surface area contributed by atoms with Crippen molar-refractivity contribution in [2.45, 2.75) is 46.1 Å². The monoisotopic (exact) mass is 231 g/mol. The van der Waals surface area contributed by atoms with Gasteiger partial charge >= 0.3 is 0 Å². The largest absolute Gasteiger partial charge is 0.213 e. The average molecular weight is 231 g/mol. The van der Waals surface area contributed by atoms with Crippen LogP contribution < -0.4 is 4.72 Å². The number of rotatable bonds is 2. The van der Waals surface area contributed by atoms with Crippen LogP contribution in [-0.2, 0) is 10.0 Å². The molecule has 2 rings (SSSR count). The maximum atomic E-state index is 11.3. The van der Waals surface area contributed by atoms with Gasteiger partial charge in [0, 0.05) is 6.04 Å². The molecule has 0 heterocycles. The molecule has 3 nitrogen and oxygen atoms in total. The van der Waals surface area contributed by atoms with E-state index in [4.69, 9.17) is 0 Å². The van der Waals surface area contributed by atoms with E-state index >= 15 is 0 Å². The summed E-state index contributed by atoms with van der Waals surface area (Å²) in [6.45, 7) is 6.81. The van der Waals surface area contributed by atoms with Crippen molar-refractivity contribution in [3.63, 3.8) is 0 Å². The van der Waals surface area contributed by atoms with Crippen molar-refractivity contribution in [1.82, 2.24) is 4.72 Å². The zero-order valence-corrected chi connectivity index (χ0v) is 10.8. The van der Waals surface area contributed by atoms with Gasteiger partial charge < -0.3 is 0 Å². The first-order valence-corrected chi connectivity index (χ1v) is 7.53. The first-order chi connectivity index (χ1) is 6.67. The summed E-state index contributed by atoms with van der Waals surface area (Å²) in [5, 5.41) is 0. The summed E-state index contributed by atoms with van der Waals surface area (Å²) in [5.41, 5.74) is 0.413. The molecule has 0 saturated heterocycles. The van der Waals surface area contributed by atoms with Gasteiger partial charge in [-0.2, -0.15) is 0 Å². The van der Waals surface area contributed by atoms with Gasteiger partial charge in [0.05, 0.1) is 6.26 Å². The van der Waals surface area contributed by atoms with E-state index in [1.807, 2.05) is 0 Å². The van der Waals surface area contributed by atoms with Gasteiger partial charge in [0.1, 0.15) is 0 Å². The maximum absolute atomic E-state index is 11.3. The van der Waals surface area contributed by atoms with Crippen molar-refractivity contribution in [2.24, 2.45) is 16.7 Å². The molecule has 0 aromatic heterocycles. The first kappa shape index (κ1) is 11.4. The van der Waals surface area contributed by atoms with Gasteiger partial charge in [-0.25, -0.2) is 13.1 Å². The molecule has 0 aromatic carbocycles. The van der Waals surface area contributed by atoms with E-state index in [1.165, 1.54) is 12.7 Å².